The van der Waals surface area contributed by atoms with Gasteiger partial charge in [-0.3, -0.25) is 0 Å². The number of aromatic carboxylic acids is 1. The molecule has 1 aliphatic heterocycles. The van der Waals surface area contributed by atoms with Crippen molar-refractivity contribution in [3.05, 3.63) is 28.7 Å². The molecule has 0 atom stereocenters. The van der Waals surface area contributed by atoms with Gasteiger partial charge in [-0.1, -0.05) is 11.6 Å². The fraction of sp³-hybridized carbons (Fsp3) is 0.0833. The number of fused-ring (bicyclic) bond motifs is 1. The predicted molar refractivity (Wildman–Crippen MR) is 70.0 cm³/mol. The third-order valence-corrected chi connectivity index (χ3v) is 3.20. The zero-order valence-electron chi connectivity index (χ0n) is 10.8. The number of ether oxygens (including phenoxy) is 2. The van der Waals surface area contributed by atoms with Crippen molar-refractivity contribution in [2.75, 3.05) is 5.73 Å². The summed E-state index contributed by atoms with van der Waals surface area (Å²) in [6.45, 7) is 0. The van der Waals surface area contributed by atoms with Gasteiger partial charge in [-0.25, -0.2) is 19.2 Å². The minimum atomic E-state index is -4.01. The van der Waals surface area contributed by atoms with E-state index in [0.29, 0.717) is 0 Å². The van der Waals surface area contributed by atoms with Crippen LogP contribution in [-0.4, -0.2) is 27.3 Å². The molecule has 0 spiro atoms. The second-order valence-electron chi connectivity index (χ2n) is 4.32. The van der Waals surface area contributed by atoms with E-state index in [-0.39, 0.29) is 0 Å². The van der Waals surface area contributed by atoms with E-state index in [0.717, 1.165) is 12.1 Å². The molecule has 0 bridgehead atoms. The monoisotopic (exact) mass is 347 g/mol. The van der Waals surface area contributed by atoms with E-state index >= 15 is 0 Å². The number of benzene rings is 1. The number of halogens is 4. The summed E-state index contributed by atoms with van der Waals surface area (Å²) in [6, 6.07) is 2.02. The summed E-state index contributed by atoms with van der Waals surface area (Å²) in [4.78, 5) is 18.3. The summed E-state index contributed by atoms with van der Waals surface area (Å²) in [6.07, 6.45) is -4.01. The Hall–Kier alpha value is -2.75. The van der Waals surface area contributed by atoms with Crippen LogP contribution in [0.5, 0.6) is 11.5 Å². The van der Waals surface area contributed by atoms with Crippen molar-refractivity contribution in [1.29, 1.82) is 0 Å². The van der Waals surface area contributed by atoms with E-state index in [4.69, 9.17) is 22.4 Å². The van der Waals surface area contributed by atoms with Gasteiger partial charge in [0.15, 0.2) is 23.1 Å². The van der Waals surface area contributed by atoms with Crippen molar-refractivity contribution in [2.45, 2.75) is 6.29 Å². The van der Waals surface area contributed by atoms with Crippen LogP contribution in [-0.2, 0) is 0 Å². The number of aromatic nitrogens is 2. The van der Waals surface area contributed by atoms with Crippen LogP contribution in [0.4, 0.5) is 19.0 Å². The van der Waals surface area contributed by atoms with E-state index < -0.39 is 57.5 Å². The zero-order valence-corrected chi connectivity index (χ0v) is 11.6. The Labute approximate surface area is 130 Å². The van der Waals surface area contributed by atoms with Crippen molar-refractivity contribution < 1.29 is 32.5 Å². The number of hydrogen-bond donors (Lipinski definition) is 2. The third-order valence-electron chi connectivity index (χ3n) is 2.83. The molecule has 1 aliphatic rings. The Bertz CT molecular complexity index is 847. The van der Waals surface area contributed by atoms with E-state index in [9.17, 15) is 18.0 Å². The lowest BCUT2D eigenvalue weighted by Gasteiger charge is -2.08. The maximum absolute atomic E-state index is 14.3. The topological polar surface area (TPSA) is 108 Å². The van der Waals surface area contributed by atoms with E-state index in [1.54, 1.807) is 0 Å². The lowest BCUT2D eigenvalue weighted by molar-refractivity contribution is -0.287. The van der Waals surface area contributed by atoms with Gasteiger partial charge in [-0.05, 0) is 12.1 Å². The molecule has 11 heteroatoms. The van der Waals surface area contributed by atoms with Gasteiger partial charge in [0.2, 0.25) is 5.75 Å². The van der Waals surface area contributed by atoms with Gasteiger partial charge in [-0.2, -0.15) is 0 Å². The summed E-state index contributed by atoms with van der Waals surface area (Å²) in [5.41, 5.74) is 4.40. The Balaban J connectivity index is 2.17. The predicted octanol–water partition coefficient (Wildman–Crippen LogP) is 2.54. The minimum absolute atomic E-state index is 0.406. The van der Waals surface area contributed by atoms with Crippen LogP contribution in [0.25, 0.3) is 11.4 Å². The quantitative estimate of drug-likeness (QED) is 0.859. The van der Waals surface area contributed by atoms with Crippen LogP contribution in [0.15, 0.2) is 12.1 Å². The molecule has 3 N–H and O–H groups in total. The number of carboxylic acids is 1. The number of carbonyl (C=O) groups is 1. The largest absolute Gasteiger partial charge is 0.586 e. The van der Waals surface area contributed by atoms with Gasteiger partial charge >= 0.3 is 12.3 Å². The molecule has 23 heavy (non-hydrogen) atoms. The fourth-order valence-electron chi connectivity index (χ4n) is 1.88. The second-order valence-corrected chi connectivity index (χ2v) is 4.70. The highest BCUT2D eigenvalue weighted by Gasteiger charge is 2.45. The molecule has 7 nitrogen and oxygen atoms in total. The molecule has 0 unspecified atom stereocenters. The molecular formula is C12H5ClF3N3O4. The van der Waals surface area contributed by atoms with Crippen LogP contribution in [0.2, 0.25) is 5.02 Å². The van der Waals surface area contributed by atoms with Gasteiger partial charge in [0.25, 0.3) is 0 Å². The zero-order chi connectivity index (χ0) is 16.9. The molecule has 0 saturated carbocycles. The van der Waals surface area contributed by atoms with Crippen LogP contribution >= 0.6 is 11.6 Å². The van der Waals surface area contributed by atoms with Crippen molar-refractivity contribution in [1.82, 2.24) is 9.97 Å². The Morgan fingerprint density at radius 1 is 1.30 bits per heavy atom. The number of rotatable bonds is 2. The number of alkyl halides is 2. The summed E-state index contributed by atoms with van der Waals surface area (Å²) < 4.78 is 48.4. The number of nitrogens with two attached hydrogens (primary N) is 1. The Kier molecular flexibility index (Phi) is 3.22. The van der Waals surface area contributed by atoms with E-state index in [2.05, 4.69) is 19.4 Å². The number of hydrogen-bond acceptors (Lipinski definition) is 6. The first-order valence-corrected chi connectivity index (χ1v) is 6.22. The molecule has 0 aliphatic carbocycles. The molecule has 2 aromatic rings. The number of nitrogens with zero attached hydrogens (tertiary/aromatic N) is 2. The SMILES string of the molecule is Nc1nc(-c2ccc3c(c2F)OC(F)(F)O3)nc(C(=O)O)c1Cl. The molecule has 0 fully saturated rings. The van der Waals surface area contributed by atoms with Gasteiger partial charge in [0.1, 0.15) is 10.8 Å². The smallest absolute Gasteiger partial charge is 0.476 e. The molecule has 1 aromatic carbocycles. The normalized spacial score (nSPS) is 14.8. The van der Waals surface area contributed by atoms with Crippen molar-refractivity contribution in [2.24, 2.45) is 0 Å². The van der Waals surface area contributed by atoms with Gasteiger partial charge in [0, 0.05) is 0 Å². The van der Waals surface area contributed by atoms with E-state index in [1.165, 1.54) is 0 Å². The van der Waals surface area contributed by atoms with Crippen LogP contribution in [0.3, 0.4) is 0 Å². The molecule has 0 saturated heterocycles. The van der Waals surface area contributed by atoms with Crippen LogP contribution < -0.4 is 15.2 Å². The molecular weight excluding hydrogens is 343 g/mol. The minimum Gasteiger partial charge on any atom is -0.476 e. The van der Waals surface area contributed by atoms with Gasteiger partial charge in [-0.15, -0.1) is 8.78 Å². The van der Waals surface area contributed by atoms with Crippen molar-refractivity contribution in [3.63, 3.8) is 0 Å². The van der Waals surface area contributed by atoms with Crippen molar-refractivity contribution >= 4 is 23.4 Å². The number of anilines is 1. The van der Waals surface area contributed by atoms with E-state index in [1.807, 2.05) is 0 Å². The molecule has 0 radical (unpaired) electrons. The molecule has 1 aromatic heterocycles. The second kappa shape index (κ2) is 4.88. The number of carboxylic acid groups (broad SMARTS) is 1. The highest BCUT2D eigenvalue weighted by atomic mass is 35.5. The standard InChI is InChI=1S/C12H5ClF3N3O4/c13-5-7(11(20)21)18-10(19-9(5)17)3-1-2-4-8(6(3)14)23-12(15,16)22-4/h1-2H,(H,20,21)(H2,17,18,19). The maximum Gasteiger partial charge on any atom is 0.586 e. The molecule has 2 heterocycles. The first-order valence-electron chi connectivity index (χ1n) is 5.84. The lowest BCUT2D eigenvalue weighted by Crippen LogP contribution is -2.26. The van der Waals surface area contributed by atoms with Gasteiger partial charge in [0.05, 0.1) is 5.56 Å². The van der Waals surface area contributed by atoms with Crippen molar-refractivity contribution in [3.8, 4) is 22.9 Å². The van der Waals surface area contributed by atoms with Gasteiger partial charge < -0.3 is 20.3 Å². The third kappa shape index (κ3) is 2.46. The fourth-order valence-corrected chi connectivity index (χ4v) is 2.05. The van der Waals surface area contributed by atoms with Crippen LogP contribution in [0.1, 0.15) is 10.5 Å². The summed E-state index contributed by atoms with van der Waals surface area (Å²) in [7, 11) is 0. The Morgan fingerprint density at radius 3 is 2.65 bits per heavy atom. The lowest BCUT2D eigenvalue weighted by atomic mass is 10.1. The average Bonchev–Trinajstić information content (AvgIpc) is 2.77. The number of nitrogen functional groups attached to an aromatic ring is 1. The summed E-state index contributed by atoms with van der Waals surface area (Å²) in [5.74, 6) is -4.99. The summed E-state index contributed by atoms with van der Waals surface area (Å²) in [5, 5.41) is 8.56. The summed E-state index contributed by atoms with van der Waals surface area (Å²) >= 11 is 5.65. The highest BCUT2D eigenvalue weighted by Crippen LogP contribution is 2.45. The molecule has 120 valence electrons. The Morgan fingerprint density at radius 2 is 2.00 bits per heavy atom. The maximum atomic E-state index is 14.3. The first-order chi connectivity index (χ1) is 10.7. The highest BCUT2D eigenvalue weighted by molar-refractivity contribution is 6.35. The molecule has 0 amide bonds. The molecule has 3 rings (SSSR count). The average molecular weight is 348 g/mol. The van der Waals surface area contributed by atoms with Crippen LogP contribution in [0, 0.1) is 5.82 Å². The first kappa shape index (κ1) is 15.2.